The number of halogens is 1. The molecule has 0 aliphatic heterocycles. The third kappa shape index (κ3) is 4.22. The molecule has 0 fully saturated rings. The van der Waals surface area contributed by atoms with Gasteiger partial charge in [-0.15, -0.1) is 0 Å². The molecule has 12 heteroatoms. The molecule has 1 heterocycles. The highest BCUT2D eigenvalue weighted by Crippen LogP contribution is 2.24. The highest BCUT2D eigenvalue weighted by atomic mass is 35.5. The Balaban J connectivity index is 3.08. The van der Waals surface area contributed by atoms with Crippen molar-refractivity contribution in [1.29, 1.82) is 0 Å². The maximum atomic E-state index is 11.4. The van der Waals surface area contributed by atoms with E-state index in [1.807, 2.05) is 0 Å². The lowest BCUT2D eigenvalue weighted by molar-refractivity contribution is -0.384. The number of rotatable bonds is 4. The number of nitrogens with one attached hydrogen (secondary N) is 2. The quantitative estimate of drug-likeness (QED) is 0.472. The number of hydrogen-bond donors (Lipinski definition) is 2. The summed E-state index contributed by atoms with van der Waals surface area (Å²) in [4.78, 5) is 24.0. The minimum atomic E-state index is -4.42. The molecule has 10 nitrogen and oxygen atoms in total. The number of nitro groups is 1. The number of nitrogens with zero attached hydrogens (tertiary/aromatic N) is 2. The van der Waals surface area contributed by atoms with Crippen LogP contribution in [0.3, 0.4) is 0 Å². The van der Waals surface area contributed by atoms with E-state index < -0.39 is 32.7 Å². The molecule has 0 spiro atoms. The Morgan fingerprint density at radius 3 is 2.68 bits per heavy atom. The van der Waals surface area contributed by atoms with Gasteiger partial charge in [0.05, 0.1) is 12.0 Å². The highest BCUT2D eigenvalue weighted by molar-refractivity contribution is 7.91. The van der Waals surface area contributed by atoms with Gasteiger partial charge in [0.1, 0.15) is 5.15 Å². The molecular formula is C7H7ClN4O6S. The summed E-state index contributed by atoms with van der Waals surface area (Å²) < 4.78 is 30.1. The predicted molar refractivity (Wildman–Crippen MR) is 64.0 cm³/mol. The van der Waals surface area contributed by atoms with E-state index in [0.29, 0.717) is 0 Å². The lowest BCUT2D eigenvalue weighted by Gasteiger charge is -2.08. The van der Waals surface area contributed by atoms with Crippen LogP contribution in [0.2, 0.25) is 5.15 Å². The third-order valence-corrected chi connectivity index (χ3v) is 2.78. The fourth-order valence-corrected chi connectivity index (χ4v) is 1.86. The zero-order valence-corrected chi connectivity index (χ0v) is 10.9. The predicted octanol–water partition coefficient (Wildman–Crippen LogP) is 0.656. The number of hydrogen-bond acceptors (Lipinski definition) is 7. The van der Waals surface area contributed by atoms with Crippen molar-refractivity contribution in [3.8, 4) is 0 Å². The van der Waals surface area contributed by atoms with Gasteiger partial charge in [-0.1, -0.05) is 11.6 Å². The summed E-state index contributed by atoms with van der Waals surface area (Å²) in [6.07, 6.45) is -1.27. The van der Waals surface area contributed by atoms with Gasteiger partial charge in [0.2, 0.25) is 5.82 Å². The van der Waals surface area contributed by atoms with Crippen LogP contribution in [0.15, 0.2) is 12.1 Å². The SMILES string of the molecule is COC(=O)NS(=O)(=O)Nc1nc(Cl)ccc1[N+](=O)[O-]. The van der Waals surface area contributed by atoms with Crippen LogP contribution < -0.4 is 9.44 Å². The highest BCUT2D eigenvalue weighted by Gasteiger charge is 2.22. The Morgan fingerprint density at radius 1 is 1.53 bits per heavy atom. The van der Waals surface area contributed by atoms with Crippen molar-refractivity contribution in [3.63, 3.8) is 0 Å². The molecular weight excluding hydrogens is 304 g/mol. The maximum absolute atomic E-state index is 11.4. The standard InChI is InChI=1S/C7H7ClN4O6S/c1-18-7(13)11-19(16,17)10-6-4(12(14)15)2-3-5(8)9-6/h2-3H,1H3,(H,9,10)(H,11,13). The van der Waals surface area contributed by atoms with Crippen LogP contribution in [-0.2, 0) is 14.9 Å². The van der Waals surface area contributed by atoms with Crippen LogP contribution in [0.25, 0.3) is 0 Å². The van der Waals surface area contributed by atoms with Crippen LogP contribution in [0, 0.1) is 10.1 Å². The van der Waals surface area contributed by atoms with E-state index in [1.165, 1.54) is 4.72 Å². The molecule has 104 valence electrons. The molecule has 1 aromatic heterocycles. The van der Waals surface area contributed by atoms with Crippen LogP contribution in [-0.4, -0.2) is 31.5 Å². The molecule has 0 aliphatic carbocycles. The molecule has 0 aromatic carbocycles. The van der Waals surface area contributed by atoms with Gasteiger partial charge in [0.15, 0.2) is 0 Å². The second-order valence-corrected chi connectivity index (χ2v) is 4.76. The van der Waals surface area contributed by atoms with Crippen molar-refractivity contribution in [2.24, 2.45) is 0 Å². The number of anilines is 1. The number of aromatic nitrogens is 1. The van der Waals surface area contributed by atoms with Gasteiger partial charge in [-0.05, 0) is 6.07 Å². The minimum Gasteiger partial charge on any atom is -0.452 e. The molecule has 19 heavy (non-hydrogen) atoms. The number of carbonyl (C=O) groups excluding carboxylic acids is 1. The van der Waals surface area contributed by atoms with Crippen molar-refractivity contribution >= 4 is 39.4 Å². The fraction of sp³-hybridized carbons (Fsp3) is 0.143. The first-order chi connectivity index (χ1) is 8.75. The average Bonchev–Trinajstić information content (AvgIpc) is 2.27. The third-order valence-electron chi connectivity index (χ3n) is 1.67. The molecule has 1 aromatic rings. The van der Waals surface area contributed by atoms with Crippen molar-refractivity contribution < 1.29 is 22.9 Å². The molecule has 0 atom stereocenters. The Bertz CT molecular complexity index is 618. The fourth-order valence-electron chi connectivity index (χ4n) is 0.955. The van der Waals surface area contributed by atoms with Gasteiger partial charge in [-0.3, -0.25) is 10.1 Å². The van der Waals surface area contributed by atoms with Crippen LogP contribution in [0.4, 0.5) is 16.3 Å². The monoisotopic (exact) mass is 310 g/mol. The van der Waals surface area contributed by atoms with E-state index in [1.54, 1.807) is 4.72 Å². The Kier molecular flexibility index (Phi) is 4.45. The van der Waals surface area contributed by atoms with Crippen molar-refractivity contribution in [1.82, 2.24) is 9.71 Å². The number of ether oxygens (including phenoxy) is 1. The molecule has 0 saturated heterocycles. The summed E-state index contributed by atoms with van der Waals surface area (Å²) >= 11 is 5.50. The van der Waals surface area contributed by atoms with E-state index in [0.717, 1.165) is 19.2 Å². The van der Waals surface area contributed by atoms with Crippen LogP contribution >= 0.6 is 11.6 Å². The molecule has 1 rings (SSSR count). The normalized spacial score (nSPS) is 10.6. The minimum absolute atomic E-state index is 0.165. The zero-order valence-electron chi connectivity index (χ0n) is 9.28. The van der Waals surface area contributed by atoms with Gasteiger partial charge >= 0.3 is 22.0 Å². The number of carbonyl (C=O) groups is 1. The second kappa shape index (κ2) is 5.67. The first kappa shape index (κ1) is 14.9. The Labute approximate surface area is 112 Å². The summed E-state index contributed by atoms with van der Waals surface area (Å²) in [6, 6.07) is 2.08. The second-order valence-electron chi connectivity index (χ2n) is 2.96. The molecule has 0 bridgehead atoms. The summed E-state index contributed by atoms with van der Waals surface area (Å²) in [5.74, 6) is -0.631. The van der Waals surface area contributed by atoms with Crippen molar-refractivity contribution in [2.75, 3.05) is 11.8 Å². The van der Waals surface area contributed by atoms with E-state index in [4.69, 9.17) is 11.6 Å². The topological polar surface area (TPSA) is 141 Å². The largest absolute Gasteiger partial charge is 0.452 e. The molecule has 2 N–H and O–H groups in total. The number of methoxy groups -OCH3 is 1. The van der Waals surface area contributed by atoms with Gasteiger partial charge in [0, 0.05) is 6.07 Å². The van der Waals surface area contributed by atoms with E-state index >= 15 is 0 Å². The summed E-state index contributed by atoms with van der Waals surface area (Å²) in [7, 11) is -3.47. The first-order valence-corrected chi connectivity index (χ1v) is 6.30. The number of pyridine rings is 1. The van der Waals surface area contributed by atoms with Gasteiger partial charge < -0.3 is 4.74 Å². The molecule has 0 aliphatic rings. The number of amides is 1. The molecule has 1 amide bonds. The van der Waals surface area contributed by atoms with Crippen LogP contribution in [0.5, 0.6) is 0 Å². The Hall–Kier alpha value is -2.14. The smallest absolute Gasteiger partial charge is 0.422 e. The van der Waals surface area contributed by atoms with Gasteiger partial charge in [-0.25, -0.2) is 19.2 Å². The summed E-state index contributed by atoms with van der Waals surface area (Å²) in [6.45, 7) is 0. The van der Waals surface area contributed by atoms with E-state index in [2.05, 4.69) is 9.72 Å². The van der Waals surface area contributed by atoms with Crippen LogP contribution in [0.1, 0.15) is 0 Å². The van der Waals surface area contributed by atoms with Gasteiger partial charge in [0.25, 0.3) is 0 Å². The summed E-state index contributed by atoms with van der Waals surface area (Å²) in [5, 5.41) is 10.5. The average molecular weight is 311 g/mol. The maximum Gasteiger partial charge on any atom is 0.422 e. The lowest BCUT2D eigenvalue weighted by Crippen LogP contribution is -2.35. The molecule has 0 radical (unpaired) electrons. The van der Waals surface area contributed by atoms with Crippen molar-refractivity contribution in [2.45, 2.75) is 0 Å². The lowest BCUT2D eigenvalue weighted by atomic mass is 10.4. The Morgan fingerprint density at radius 2 is 2.16 bits per heavy atom. The van der Waals surface area contributed by atoms with Crippen molar-refractivity contribution in [3.05, 3.63) is 27.4 Å². The van der Waals surface area contributed by atoms with E-state index in [-0.39, 0.29) is 5.15 Å². The van der Waals surface area contributed by atoms with E-state index in [9.17, 15) is 23.3 Å². The first-order valence-electron chi connectivity index (χ1n) is 4.44. The summed E-state index contributed by atoms with van der Waals surface area (Å²) in [5.41, 5.74) is -0.625. The molecule has 0 saturated carbocycles. The van der Waals surface area contributed by atoms with Gasteiger partial charge in [-0.2, -0.15) is 8.42 Å². The zero-order chi connectivity index (χ0) is 14.6. The molecule has 0 unspecified atom stereocenters.